The van der Waals surface area contributed by atoms with Crippen LogP contribution in [0.4, 0.5) is 11.6 Å². The van der Waals surface area contributed by atoms with Crippen molar-refractivity contribution in [3.05, 3.63) is 42.5 Å². The molecular weight excluding hydrogens is 386 g/mol. The number of fused-ring (bicyclic) bond motifs is 1. The van der Waals surface area contributed by atoms with Gasteiger partial charge in [0.2, 0.25) is 11.1 Å². The first kappa shape index (κ1) is 19.3. The number of benzene rings is 2. The van der Waals surface area contributed by atoms with E-state index in [0.717, 1.165) is 35.0 Å². The average Bonchev–Trinajstić information content (AvgIpc) is 3.11. The van der Waals surface area contributed by atoms with E-state index in [1.165, 1.54) is 35.7 Å². The Labute approximate surface area is 172 Å². The lowest BCUT2D eigenvalue weighted by Gasteiger charge is -2.12. The maximum atomic E-state index is 12.4. The van der Waals surface area contributed by atoms with Gasteiger partial charge in [-0.2, -0.15) is 5.10 Å². The van der Waals surface area contributed by atoms with E-state index < -0.39 is 0 Å². The van der Waals surface area contributed by atoms with E-state index in [1.807, 2.05) is 42.5 Å². The third kappa shape index (κ3) is 4.68. The molecule has 0 unspecified atom stereocenters. The number of carbonyl (C=O) groups excluding carboxylic acids is 1. The highest BCUT2D eigenvalue weighted by molar-refractivity contribution is 7.99. The van der Waals surface area contributed by atoms with Gasteiger partial charge in [-0.25, -0.2) is 10.1 Å². The number of aromatic nitrogens is 3. The van der Waals surface area contributed by atoms with Crippen LogP contribution < -0.4 is 16.6 Å². The van der Waals surface area contributed by atoms with Gasteiger partial charge in [0.25, 0.3) is 5.95 Å². The van der Waals surface area contributed by atoms with E-state index in [-0.39, 0.29) is 11.7 Å². The standard InChI is InChI=1S/C20H23N7OS/c21-27-19(24-23-15-9-2-1-3-10-15)25-26-20(27)29-13-18(28)22-17-12-6-8-14-7-4-5-11-16(14)17/h4-8,11-12H,1-3,9-10,13,21H2,(H,22,28)(H,24,25). The summed E-state index contributed by atoms with van der Waals surface area (Å²) >= 11 is 1.23. The Hall–Kier alpha value is -3.07. The molecule has 0 atom stereocenters. The summed E-state index contributed by atoms with van der Waals surface area (Å²) in [5.74, 6) is 6.44. The molecule has 1 fully saturated rings. The fourth-order valence-corrected chi connectivity index (χ4v) is 3.96. The number of hydrazone groups is 1. The second-order valence-corrected chi connectivity index (χ2v) is 7.83. The molecule has 29 heavy (non-hydrogen) atoms. The Bertz CT molecular complexity index is 1030. The van der Waals surface area contributed by atoms with E-state index in [9.17, 15) is 4.79 Å². The fourth-order valence-electron chi connectivity index (χ4n) is 3.30. The zero-order valence-corrected chi connectivity index (χ0v) is 16.8. The average molecular weight is 410 g/mol. The monoisotopic (exact) mass is 409 g/mol. The number of carbonyl (C=O) groups is 1. The van der Waals surface area contributed by atoms with Gasteiger partial charge in [0, 0.05) is 16.8 Å². The molecular formula is C20H23N7OS. The molecule has 0 aliphatic heterocycles. The summed E-state index contributed by atoms with van der Waals surface area (Å²) in [7, 11) is 0. The van der Waals surface area contributed by atoms with Crippen LogP contribution in [-0.4, -0.2) is 32.2 Å². The predicted octanol–water partition coefficient (Wildman–Crippen LogP) is 3.61. The quantitative estimate of drug-likeness (QED) is 0.326. The number of nitrogens with two attached hydrogens (primary N) is 1. The third-order valence-corrected chi connectivity index (χ3v) is 5.75. The van der Waals surface area contributed by atoms with Crippen LogP contribution in [0.15, 0.2) is 52.7 Å². The highest BCUT2D eigenvalue weighted by Gasteiger charge is 2.13. The minimum atomic E-state index is -0.133. The van der Waals surface area contributed by atoms with Gasteiger partial charge in [-0.1, -0.05) is 54.6 Å². The first-order chi connectivity index (χ1) is 14.2. The Morgan fingerprint density at radius 1 is 1.10 bits per heavy atom. The minimum Gasteiger partial charge on any atom is -0.334 e. The van der Waals surface area contributed by atoms with Crippen LogP contribution in [0.25, 0.3) is 10.8 Å². The van der Waals surface area contributed by atoms with Gasteiger partial charge in [0.05, 0.1) is 5.75 Å². The Kier molecular flexibility index (Phi) is 5.95. The van der Waals surface area contributed by atoms with Crippen molar-refractivity contribution in [2.24, 2.45) is 5.10 Å². The summed E-state index contributed by atoms with van der Waals surface area (Å²) in [6, 6.07) is 13.8. The lowest BCUT2D eigenvalue weighted by Crippen LogP contribution is -2.17. The summed E-state index contributed by atoms with van der Waals surface area (Å²) < 4.78 is 1.32. The van der Waals surface area contributed by atoms with Crippen molar-refractivity contribution in [1.82, 2.24) is 14.9 Å². The first-order valence-electron chi connectivity index (χ1n) is 9.63. The lowest BCUT2D eigenvalue weighted by atomic mass is 9.99. The maximum absolute atomic E-state index is 12.4. The van der Waals surface area contributed by atoms with Crippen molar-refractivity contribution in [3.8, 4) is 0 Å². The van der Waals surface area contributed by atoms with Crippen molar-refractivity contribution in [2.45, 2.75) is 37.3 Å². The van der Waals surface area contributed by atoms with Gasteiger partial charge in [0.15, 0.2) is 0 Å². The first-order valence-corrected chi connectivity index (χ1v) is 10.6. The van der Waals surface area contributed by atoms with Gasteiger partial charge in [-0.05, 0) is 37.1 Å². The molecule has 4 N–H and O–H groups in total. The number of hydrogen-bond donors (Lipinski definition) is 3. The molecule has 1 amide bonds. The van der Waals surface area contributed by atoms with Crippen LogP contribution in [0.1, 0.15) is 32.1 Å². The number of nitrogens with zero attached hydrogens (tertiary/aromatic N) is 4. The van der Waals surface area contributed by atoms with Crippen molar-refractivity contribution in [2.75, 3.05) is 22.3 Å². The normalized spacial score (nSPS) is 14.0. The topological polar surface area (TPSA) is 110 Å². The van der Waals surface area contributed by atoms with Crippen LogP contribution in [0.2, 0.25) is 0 Å². The van der Waals surface area contributed by atoms with Crippen LogP contribution in [0.3, 0.4) is 0 Å². The van der Waals surface area contributed by atoms with Crippen molar-refractivity contribution < 1.29 is 4.79 Å². The maximum Gasteiger partial charge on any atom is 0.264 e. The number of thioether (sulfide) groups is 1. The Morgan fingerprint density at radius 2 is 1.90 bits per heavy atom. The summed E-state index contributed by atoms with van der Waals surface area (Å²) in [4.78, 5) is 12.4. The van der Waals surface area contributed by atoms with Crippen LogP contribution in [0.5, 0.6) is 0 Å². The summed E-state index contributed by atoms with van der Waals surface area (Å²) in [5.41, 5.74) is 4.80. The van der Waals surface area contributed by atoms with Gasteiger partial charge >= 0.3 is 0 Å². The largest absolute Gasteiger partial charge is 0.334 e. The molecule has 1 saturated carbocycles. The molecule has 0 radical (unpaired) electrons. The number of hydrogen-bond acceptors (Lipinski definition) is 7. The predicted molar refractivity (Wildman–Crippen MR) is 118 cm³/mol. The van der Waals surface area contributed by atoms with Crippen molar-refractivity contribution >= 4 is 45.8 Å². The van der Waals surface area contributed by atoms with E-state index in [4.69, 9.17) is 5.84 Å². The van der Waals surface area contributed by atoms with E-state index in [0.29, 0.717) is 11.1 Å². The molecule has 1 aliphatic rings. The molecule has 0 bridgehead atoms. The van der Waals surface area contributed by atoms with Crippen LogP contribution >= 0.6 is 11.8 Å². The van der Waals surface area contributed by atoms with E-state index in [1.54, 1.807) is 0 Å². The van der Waals surface area contributed by atoms with Gasteiger partial charge < -0.3 is 11.2 Å². The fraction of sp³-hybridized carbons (Fsp3) is 0.300. The molecule has 9 heteroatoms. The highest BCUT2D eigenvalue weighted by atomic mass is 32.2. The number of amides is 1. The second-order valence-electron chi connectivity index (χ2n) is 6.89. The molecule has 150 valence electrons. The van der Waals surface area contributed by atoms with E-state index in [2.05, 4.69) is 26.0 Å². The van der Waals surface area contributed by atoms with Crippen molar-refractivity contribution in [1.29, 1.82) is 0 Å². The smallest absolute Gasteiger partial charge is 0.264 e. The molecule has 3 aromatic rings. The zero-order chi connectivity index (χ0) is 20.1. The van der Waals surface area contributed by atoms with Crippen LogP contribution in [0, 0.1) is 0 Å². The summed E-state index contributed by atoms with van der Waals surface area (Å²) in [6.45, 7) is 0. The van der Waals surface area contributed by atoms with Gasteiger partial charge in [0.1, 0.15) is 0 Å². The number of nitrogen functional groups attached to an aromatic ring is 1. The Morgan fingerprint density at radius 3 is 2.76 bits per heavy atom. The van der Waals surface area contributed by atoms with Crippen molar-refractivity contribution in [3.63, 3.8) is 0 Å². The number of rotatable bonds is 6. The molecule has 4 rings (SSSR count). The zero-order valence-electron chi connectivity index (χ0n) is 16.0. The molecule has 1 aliphatic carbocycles. The third-order valence-electron chi connectivity index (χ3n) is 4.81. The highest BCUT2D eigenvalue weighted by Crippen LogP contribution is 2.24. The SMILES string of the molecule is Nn1c(NN=C2CCCCC2)nnc1SCC(=O)Nc1cccc2ccccc12. The van der Waals surface area contributed by atoms with Gasteiger partial charge in [-0.3, -0.25) is 4.79 Å². The minimum absolute atomic E-state index is 0.133. The molecule has 1 aromatic heterocycles. The van der Waals surface area contributed by atoms with E-state index >= 15 is 0 Å². The molecule has 8 nitrogen and oxygen atoms in total. The Balaban J connectivity index is 1.35. The molecule has 2 aromatic carbocycles. The summed E-state index contributed by atoms with van der Waals surface area (Å²) in [5, 5.41) is 17.9. The van der Waals surface area contributed by atoms with Gasteiger partial charge in [-0.15, -0.1) is 10.2 Å². The molecule has 0 spiro atoms. The summed E-state index contributed by atoms with van der Waals surface area (Å²) in [6.07, 6.45) is 5.60. The molecule has 0 saturated heterocycles. The van der Waals surface area contributed by atoms with Crippen LogP contribution in [-0.2, 0) is 4.79 Å². The lowest BCUT2D eigenvalue weighted by molar-refractivity contribution is -0.113. The number of anilines is 2. The molecule has 1 heterocycles. The number of nitrogens with one attached hydrogen (secondary N) is 2. The second kappa shape index (κ2) is 8.95.